The highest BCUT2D eigenvalue weighted by molar-refractivity contribution is 5.99. The number of nitrogens with zero attached hydrogens (tertiary/aromatic N) is 2. The zero-order chi connectivity index (χ0) is 20.1. The molecule has 29 heavy (non-hydrogen) atoms. The van der Waals surface area contributed by atoms with Gasteiger partial charge in [0.2, 0.25) is 0 Å². The predicted octanol–water partition coefficient (Wildman–Crippen LogP) is 3.74. The van der Waals surface area contributed by atoms with Crippen molar-refractivity contribution in [1.82, 2.24) is 19.4 Å². The molecule has 1 saturated heterocycles. The number of benzene rings is 2. The molecule has 0 radical (unpaired) electrons. The number of carbonyl (C=O) groups is 1. The second kappa shape index (κ2) is 6.62. The highest BCUT2D eigenvalue weighted by Crippen LogP contribution is 2.27. The number of likely N-dealkylation sites (tertiary alicyclic amines) is 1. The fraction of sp³-hybridized carbons (Fsp3) is 0.273. The first-order valence-electron chi connectivity index (χ1n) is 9.79. The number of hydrogen-bond acceptors (Lipinski definition) is 2. The third-order valence-corrected chi connectivity index (χ3v) is 5.98. The number of aromatic amines is 2. The van der Waals surface area contributed by atoms with Gasteiger partial charge in [0, 0.05) is 30.0 Å². The van der Waals surface area contributed by atoms with Gasteiger partial charge in [0.15, 0.2) is 0 Å². The summed E-state index contributed by atoms with van der Waals surface area (Å²) in [4.78, 5) is 33.2. The quantitative estimate of drug-likeness (QED) is 0.545. The van der Waals surface area contributed by atoms with Crippen molar-refractivity contribution in [2.45, 2.75) is 25.8 Å². The Morgan fingerprint density at radius 3 is 2.62 bits per heavy atom. The fourth-order valence-corrected chi connectivity index (χ4v) is 4.37. The normalized spacial score (nSPS) is 15.4. The second-order valence-corrected chi connectivity index (χ2v) is 7.66. The van der Waals surface area contributed by atoms with Gasteiger partial charge >= 0.3 is 5.69 Å². The zero-order valence-corrected chi connectivity index (χ0v) is 16.0. The average Bonchev–Trinajstić information content (AvgIpc) is 3.31. The van der Waals surface area contributed by atoms with E-state index in [0.717, 1.165) is 21.9 Å². The molecule has 0 atom stereocenters. The molecule has 0 saturated carbocycles. The Morgan fingerprint density at radius 2 is 1.83 bits per heavy atom. The zero-order valence-electron chi connectivity index (χ0n) is 16.0. The van der Waals surface area contributed by atoms with Gasteiger partial charge in [0.1, 0.15) is 11.5 Å². The van der Waals surface area contributed by atoms with Gasteiger partial charge in [-0.15, -0.1) is 0 Å². The molecular weight excluding hydrogens is 371 g/mol. The van der Waals surface area contributed by atoms with Gasteiger partial charge in [-0.05, 0) is 55.7 Å². The van der Waals surface area contributed by atoms with Crippen molar-refractivity contribution in [3.8, 4) is 0 Å². The number of hydrogen-bond donors (Lipinski definition) is 2. The molecule has 0 unspecified atom stereocenters. The van der Waals surface area contributed by atoms with Crippen LogP contribution in [0.5, 0.6) is 0 Å². The molecule has 2 aromatic heterocycles. The number of aryl methyl sites for hydroxylation is 1. The van der Waals surface area contributed by atoms with Crippen LogP contribution in [-0.4, -0.2) is 38.4 Å². The molecule has 3 heterocycles. The van der Waals surface area contributed by atoms with Gasteiger partial charge < -0.3 is 14.9 Å². The van der Waals surface area contributed by atoms with Crippen molar-refractivity contribution in [3.05, 3.63) is 70.0 Å². The summed E-state index contributed by atoms with van der Waals surface area (Å²) in [5.74, 6) is -0.369. The van der Waals surface area contributed by atoms with E-state index in [0.29, 0.717) is 37.2 Å². The number of para-hydroxylation sites is 2. The monoisotopic (exact) mass is 392 g/mol. The highest BCUT2D eigenvalue weighted by Gasteiger charge is 2.27. The molecule has 1 amide bonds. The summed E-state index contributed by atoms with van der Waals surface area (Å²) in [5.41, 5.74) is 3.38. The highest BCUT2D eigenvalue weighted by atomic mass is 19.1. The van der Waals surface area contributed by atoms with E-state index in [4.69, 9.17) is 0 Å². The standard InChI is InChI=1S/C22H21FN4O2/c1-13-15-12-19(24-17(15)7-6-16(13)23)21(28)26-10-8-14(9-11-26)27-20-5-3-2-4-18(20)25-22(27)29/h2-7,12,14,24H,8-11H2,1H3,(H,25,29). The molecule has 2 aromatic carbocycles. The van der Waals surface area contributed by atoms with Gasteiger partial charge in [-0.1, -0.05) is 12.1 Å². The molecule has 1 fully saturated rings. The molecule has 148 valence electrons. The Labute approximate surface area is 165 Å². The summed E-state index contributed by atoms with van der Waals surface area (Å²) in [6.07, 6.45) is 1.42. The summed E-state index contributed by atoms with van der Waals surface area (Å²) < 4.78 is 15.6. The third-order valence-electron chi connectivity index (χ3n) is 5.98. The lowest BCUT2D eigenvalue weighted by atomic mass is 10.0. The molecule has 5 rings (SSSR count). The second-order valence-electron chi connectivity index (χ2n) is 7.66. The van der Waals surface area contributed by atoms with Gasteiger partial charge in [-0.25, -0.2) is 9.18 Å². The molecule has 4 aromatic rings. The lowest BCUT2D eigenvalue weighted by Crippen LogP contribution is -2.40. The van der Waals surface area contributed by atoms with Crippen LogP contribution in [0.4, 0.5) is 4.39 Å². The van der Waals surface area contributed by atoms with Crippen LogP contribution in [-0.2, 0) is 0 Å². The summed E-state index contributed by atoms with van der Waals surface area (Å²) in [5, 5.41) is 0.730. The van der Waals surface area contributed by atoms with Crippen LogP contribution >= 0.6 is 0 Å². The van der Waals surface area contributed by atoms with E-state index in [1.165, 1.54) is 6.07 Å². The van der Waals surface area contributed by atoms with Crippen molar-refractivity contribution in [2.75, 3.05) is 13.1 Å². The number of halogens is 1. The van der Waals surface area contributed by atoms with E-state index in [2.05, 4.69) is 9.97 Å². The van der Waals surface area contributed by atoms with Gasteiger partial charge in [0.05, 0.1) is 11.0 Å². The topological polar surface area (TPSA) is 73.9 Å². The SMILES string of the molecule is Cc1c(F)ccc2[nH]c(C(=O)N3CCC(n4c(=O)[nH]c5ccccc54)CC3)cc12. The van der Waals surface area contributed by atoms with Crippen LogP contribution in [0, 0.1) is 12.7 Å². The van der Waals surface area contributed by atoms with Crippen LogP contribution in [0.25, 0.3) is 21.9 Å². The maximum Gasteiger partial charge on any atom is 0.326 e. The number of H-pyrrole nitrogens is 2. The molecule has 0 aliphatic carbocycles. The van der Waals surface area contributed by atoms with E-state index >= 15 is 0 Å². The van der Waals surface area contributed by atoms with E-state index in [9.17, 15) is 14.0 Å². The lowest BCUT2D eigenvalue weighted by molar-refractivity contribution is 0.0690. The molecule has 2 N–H and O–H groups in total. The first-order valence-corrected chi connectivity index (χ1v) is 9.79. The predicted molar refractivity (Wildman–Crippen MR) is 110 cm³/mol. The molecule has 7 heteroatoms. The van der Waals surface area contributed by atoms with Crippen molar-refractivity contribution >= 4 is 27.8 Å². The van der Waals surface area contributed by atoms with Crippen molar-refractivity contribution < 1.29 is 9.18 Å². The molecule has 1 aliphatic rings. The fourth-order valence-electron chi connectivity index (χ4n) is 4.37. The summed E-state index contributed by atoms with van der Waals surface area (Å²) in [7, 11) is 0. The van der Waals surface area contributed by atoms with E-state index in [1.807, 2.05) is 28.8 Å². The number of nitrogens with one attached hydrogen (secondary N) is 2. The first-order chi connectivity index (χ1) is 14.0. The van der Waals surface area contributed by atoms with Crippen LogP contribution in [0.1, 0.15) is 34.9 Å². The number of fused-ring (bicyclic) bond motifs is 2. The molecule has 6 nitrogen and oxygen atoms in total. The van der Waals surface area contributed by atoms with Gasteiger partial charge in [0.25, 0.3) is 5.91 Å². The van der Waals surface area contributed by atoms with E-state index in [1.54, 1.807) is 24.0 Å². The summed E-state index contributed by atoms with van der Waals surface area (Å²) >= 11 is 0. The number of rotatable bonds is 2. The molecule has 1 aliphatic heterocycles. The molecule has 0 spiro atoms. The minimum atomic E-state index is -0.277. The van der Waals surface area contributed by atoms with Crippen LogP contribution in [0.2, 0.25) is 0 Å². The van der Waals surface area contributed by atoms with Gasteiger partial charge in [-0.2, -0.15) is 0 Å². The van der Waals surface area contributed by atoms with Crippen LogP contribution < -0.4 is 5.69 Å². The molecular formula is C22H21FN4O2. The van der Waals surface area contributed by atoms with Gasteiger partial charge in [-0.3, -0.25) is 9.36 Å². The lowest BCUT2D eigenvalue weighted by Gasteiger charge is -2.32. The third kappa shape index (κ3) is 2.85. The maximum absolute atomic E-state index is 13.8. The summed E-state index contributed by atoms with van der Waals surface area (Å²) in [6.45, 7) is 2.85. The number of carbonyl (C=O) groups excluding carboxylic acids is 1. The Kier molecular flexibility index (Phi) is 4.04. The number of aromatic nitrogens is 3. The minimum Gasteiger partial charge on any atom is -0.351 e. The van der Waals surface area contributed by atoms with Crippen molar-refractivity contribution in [3.63, 3.8) is 0 Å². The number of imidazole rings is 1. The number of amides is 1. The Balaban J connectivity index is 1.36. The van der Waals surface area contributed by atoms with Crippen LogP contribution in [0.3, 0.4) is 0 Å². The van der Waals surface area contributed by atoms with E-state index in [-0.39, 0.29) is 23.5 Å². The first kappa shape index (κ1) is 17.7. The van der Waals surface area contributed by atoms with Crippen LogP contribution in [0.15, 0.2) is 47.3 Å². The molecule has 0 bridgehead atoms. The largest absolute Gasteiger partial charge is 0.351 e. The maximum atomic E-state index is 13.8. The smallest absolute Gasteiger partial charge is 0.326 e. The number of piperidine rings is 1. The van der Waals surface area contributed by atoms with Crippen molar-refractivity contribution in [1.29, 1.82) is 0 Å². The Morgan fingerprint density at radius 1 is 1.07 bits per heavy atom. The Bertz CT molecular complexity index is 1290. The van der Waals surface area contributed by atoms with E-state index < -0.39 is 0 Å². The Hall–Kier alpha value is -3.35. The van der Waals surface area contributed by atoms with Crippen molar-refractivity contribution in [2.24, 2.45) is 0 Å². The summed E-state index contributed by atoms with van der Waals surface area (Å²) in [6, 6.07) is 12.5. The minimum absolute atomic E-state index is 0.0572. The average molecular weight is 392 g/mol.